The highest BCUT2D eigenvalue weighted by Crippen LogP contribution is 2.10. The van der Waals surface area contributed by atoms with E-state index in [4.69, 9.17) is 0 Å². The molecule has 0 N–H and O–H groups in total. The third-order valence-electron chi connectivity index (χ3n) is 2.52. The van der Waals surface area contributed by atoms with Crippen LogP contribution in [-0.4, -0.2) is 14.8 Å². The van der Waals surface area contributed by atoms with Crippen molar-refractivity contribution in [3.63, 3.8) is 0 Å². The van der Waals surface area contributed by atoms with E-state index in [1.807, 2.05) is 37.3 Å². The summed E-state index contributed by atoms with van der Waals surface area (Å²) >= 11 is 0. The van der Waals surface area contributed by atoms with Crippen LogP contribution in [0, 0.1) is 0 Å². The molecule has 0 amide bonds. The number of hydrogen-bond donors (Lipinski definition) is 0. The molecule has 0 bridgehead atoms. The predicted molar refractivity (Wildman–Crippen MR) is 62.1 cm³/mol. The van der Waals surface area contributed by atoms with Gasteiger partial charge >= 0.3 is 0 Å². The maximum Gasteiger partial charge on any atom is 0.280 e. The minimum Gasteiger partial charge on any atom is -0.296 e. The Kier molecular flexibility index (Phi) is 2.81. The molecule has 0 aliphatic heterocycles. The van der Waals surface area contributed by atoms with Crippen molar-refractivity contribution >= 4 is 0 Å². The smallest absolute Gasteiger partial charge is 0.280 e. The molecule has 0 saturated heterocycles. The molecule has 4 nitrogen and oxygen atoms in total. The zero-order chi connectivity index (χ0) is 11.5. The monoisotopic (exact) mass is 215 g/mol. The highest BCUT2D eigenvalue weighted by molar-refractivity contribution is 5.56. The van der Waals surface area contributed by atoms with Crippen molar-refractivity contribution in [1.82, 2.24) is 14.8 Å². The average molecular weight is 215 g/mol. The molecule has 0 aliphatic rings. The van der Waals surface area contributed by atoms with Gasteiger partial charge in [0.1, 0.15) is 5.82 Å². The first kappa shape index (κ1) is 10.5. The Bertz CT molecular complexity index is 546. The molecule has 1 aromatic carbocycles. The minimum absolute atomic E-state index is 0.0990. The van der Waals surface area contributed by atoms with Gasteiger partial charge in [0.15, 0.2) is 5.69 Å². The van der Waals surface area contributed by atoms with Gasteiger partial charge in [-0.25, -0.2) is 0 Å². The fraction of sp³-hybridized carbons (Fsp3) is 0.250. The number of aromatic nitrogens is 3. The fourth-order valence-electron chi connectivity index (χ4n) is 1.58. The van der Waals surface area contributed by atoms with E-state index in [-0.39, 0.29) is 5.56 Å². The van der Waals surface area contributed by atoms with Crippen LogP contribution in [0.25, 0.3) is 11.3 Å². The Balaban J connectivity index is 2.61. The Labute approximate surface area is 93.6 Å². The van der Waals surface area contributed by atoms with Gasteiger partial charge in [0.2, 0.25) is 0 Å². The molecule has 2 rings (SSSR count). The molecule has 82 valence electrons. The summed E-state index contributed by atoms with van der Waals surface area (Å²) in [5.41, 5.74) is 1.11. The van der Waals surface area contributed by atoms with E-state index in [1.165, 1.54) is 0 Å². The lowest BCUT2D eigenvalue weighted by Crippen LogP contribution is -2.25. The van der Waals surface area contributed by atoms with Crippen LogP contribution in [0.3, 0.4) is 0 Å². The first-order chi connectivity index (χ1) is 7.74. The summed E-state index contributed by atoms with van der Waals surface area (Å²) in [4.78, 5) is 12.0. The van der Waals surface area contributed by atoms with Crippen LogP contribution < -0.4 is 5.56 Å². The van der Waals surface area contributed by atoms with Crippen molar-refractivity contribution in [1.29, 1.82) is 0 Å². The van der Waals surface area contributed by atoms with Gasteiger partial charge in [-0.05, 0) is 0 Å². The Hall–Kier alpha value is -1.97. The van der Waals surface area contributed by atoms with Crippen LogP contribution >= 0.6 is 0 Å². The topological polar surface area (TPSA) is 47.8 Å². The van der Waals surface area contributed by atoms with Crippen molar-refractivity contribution in [2.45, 2.75) is 13.3 Å². The van der Waals surface area contributed by atoms with E-state index in [9.17, 15) is 4.79 Å². The molecule has 1 heterocycles. The molecule has 16 heavy (non-hydrogen) atoms. The zero-order valence-corrected chi connectivity index (χ0v) is 9.34. The molecular weight excluding hydrogens is 202 g/mol. The van der Waals surface area contributed by atoms with Crippen LogP contribution in [0.1, 0.15) is 12.7 Å². The van der Waals surface area contributed by atoms with E-state index < -0.39 is 0 Å². The molecule has 0 atom stereocenters. The Morgan fingerprint density at radius 1 is 1.19 bits per heavy atom. The highest BCUT2D eigenvalue weighted by Gasteiger charge is 2.09. The lowest BCUT2D eigenvalue weighted by atomic mass is 10.2. The number of benzene rings is 1. The number of hydrogen-bond acceptors (Lipinski definition) is 3. The van der Waals surface area contributed by atoms with Crippen molar-refractivity contribution in [2.75, 3.05) is 0 Å². The molecule has 0 unspecified atom stereocenters. The van der Waals surface area contributed by atoms with Gasteiger partial charge in [-0.1, -0.05) is 37.3 Å². The largest absolute Gasteiger partial charge is 0.296 e. The number of aryl methyl sites for hydroxylation is 1. The van der Waals surface area contributed by atoms with Gasteiger partial charge in [-0.2, -0.15) is 0 Å². The molecule has 0 spiro atoms. The van der Waals surface area contributed by atoms with E-state index in [0.29, 0.717) is 17.9 Å². The Morgan fingerprint density at radius 3 is 2.50 bits per heavy atom. The summed E-state index contributed by atoms with van der Waals surface area (Å²) in [5.74, 6) is 0.699. The average Bonchev–Trinajstić information content (AvgIpc) is 2.34. The van der Waals surface area contributed by atoms with Gasteiger partial charge in [0.05, 0.1) is 0 Å². The van der Waals surface area contributed by atoms with Crippen LogP contribution in [-0.2, 0) is 13.5 Å². The maximum absolute atomic E-state index is 12.0. The van der Waals surface area contributed by atoms with E-state index in [2.05, 4.69) is 10.2 Å². The van der Waals surface area contributed by atoms with Crippen molar-refractivity contribution in [2.24, 2.45) is 7.05 Å². The van der Waals surface area contributed by atoms with Gasteiger partial charge < -0.3 is 0 Å². The highest BCUT2D eigenvalue weighted by atomic mass is 16.1. The molecule has 1 aromatic heterocycles. The molecule has 0 aliphatic carbocycles. The second kappa shape index (κ2) is 4.26. The normalized spacial score (nSPS) is 10.4. The SMILES string of the molecule is CCc1nnc(-c2ccccc2)c(=O)n1C. The fourth-order valence-corrected chi connectivity index (χ4v) is 1.58. The lowest BCUT2D eigenvalue weighted by Gasteiger charge is -2.05. The molecule has 0 radical (unpaired) electrons. The predicted octanol–water partition coefficient (Wildman–Crippen LogP) is 1.40. The molecule has 4 heteroatoms. The molecule has 0 saturated carbocycles. The molecular formula is C12H13N3O. The third kappa shape index (κ3) is 1.74. The van der Waals surface area contributed by atoms with Crippen LogP contribution in [0.5, 0.6) is 0 Å². The van der Waals surface area contributed by atoms with Crippen molar-refractivity contribution in [3.05, 3.63) is 46.5 Å². The van der Waals surface area contributed by atoms with Crippen LogP contribution in [0.15, 0.2) is 35.1 Å². The molecule has 0 fully saturated rings. The van der Waals surface area contributed by atoms with Gasteiger partial charge in [-0.15, -0.1) is 10.2 Å². The summed E-state index contributed by atoms with van der Waals surface area (Å²) in [6.45, 7) is 1.95. The van der Waals surface area contributed by atoms with E-state index in [0.717, 1.165) is 5.56 Å². The quantitative estimate of drug-likeness (QED) is 0.760. The molecule has 2 aromatic rings. The second-order valence-corrected chi connectivity index (χ2v) is 3.55. The first-order valence-electron chi connectivity index (χ1n) is 5.22. The summed E-state index contributed by atoms with van der Waals surface area (Å²) in [5, 5.41) is 8.04. The number of nitrogens with zero attached hydrogens (tertiary/aromatic N) is 3. The van der Waals surface area contributed by atoms with Crippen LogP contribution in [0.2, 0.25) is 0 Å². The second-order valence-electron chi connectivity index (χ2n) is 3.55. The summed E-state index contributed by atoms with van der Waals surface area (Å²) in [6, 6.07) is 9.38. The summed E-state index contributed by atoms with van der Waals surface area (Å²) < 4.78 is 1.55. The van der Waals surface area contributed by atoms with Gasteiger partial charge in [0, 0.05) is 19.0 Å². The van der Waals surface area contributed by atoms with E-state index in [1.54, 1.807) is 11.6 Å². The summed E-state index contributed by atoms with van der Waals surface area (Å²) in [7, 11) is 1.72. The number of rotatable bonds is 2. The van der Waals surface area contributed by atoms with Crippen molar-refractivity contribution in [3.8, 4) is 11.3 Å². The minimum atomic E-state index is -0.0990. The van der Waals surface area contributed by atoms with Crippen LogP contribution in [0.4, 0.5) is 0 Å². The van der Waals surface area contributed by atoms with Crippen molar-refractivity contribution < 1.29 is 0 Å². The zero-order valence-electron chi connectivity index (χ0n) is 9.34. The third-order valence-corrected chi connectivity index (χ3v) is 2.52. The standard InChI is InChI=1S/C12H13N3O/c1-3-10-13-14-11(12(16)15(10)2)9-7-5-4-6-8-9/h4-8H,3H2,1-2H3. The summed E-state index contributed by atoms with van der Waals surface area (Å²) in [6.07, 6.45) is 0.702. The lowest BCUT2D eigenvalue weighted by molar-refractivity contribution is 0.698. The maximum atomic E-state index is 12.0. The van der Waals surface area contributed by atoms with Gasteiger partial charge in [-0.3, -0.25) is 9.36 Å². The Morgan fingerprint density at radius 2 is 1.88 bits per heavy atom. The van der Waals surface area contributed by atoms with Gasteiger partial charge in [0.25, 0.3) is 5.56 Å². The van der Waals surface area contributed by atoms with E-state index >= 15 is 0 Å². The first-order valence-corrected chi connectivity index (χ1v) is 5.22.